The predicted molar refractivity (Wildman–Crippen MR) is 58.1 cm³/mol. The van der Waals surface area contributed by atoms with Crippen molar-refractivity contribution < 1.29 is 4.79 Å². The highest BCUT2D eigenvalue weighted by Crippen LogP contribution is 2.23. The molecule has 0 aromatic heterocycles. The van der Waals surface area contributed by atoms with Crippen molar-refractivity contribution in [1.29, 1.82) is 5.26 Å². The zero-order chi connectivity index (χ0) is 10.8. The molecule has 1 aliphatic rings. The number of anilines is 1. The Morgan fingerprint density at radius 3 is 2.87 bits per heavy atom. The number of nitrogens with zero attached hydrogens (tertiary/aromatic N) is 2. The van der Waals surface area contributed by atoms with E-state index in [1.54, 1.807) is 23.1 Å². The summed E-state index contributed by atoms with van der Waals surface area (Å²) in [5.74, 6) is 0.0799. The van der Waals surface area contributed by atoms with Crippen LogP contribution in [-0.2, 0) is 4.79 Å². The molecule has 1 heterocycles. The zero-order valence-corrected chi connectivity index (χ0v) is 8.23. The van der Waals surface area contributed by atoms with Crippen molar-refractivity contribution in [2.75, 3.05) is 11.4 Å². The first-order valence-corrected chi connectivity index (χ1v) is 4.82. The van der Waals surface area contributed by atoms with Crippen LogP contribution in [0.25, 0.3) is 0 Å². The molecule has 1 aromatic rings. The van der Waals surface area contributed by atoms with Gasteiger partial charge >= 0.3 is 0 Å². The molecule has 15 heavy (non-hydrogen) atoms. The monoisotopic (exact) mass is 196 g/mol. The molecule has 3 nitrogen and oxygen atoms in total. The Balaban J connectivity index is 2.44. The number of hydrogen-bond acceptors (Lipinski definition) is 2. The third-order valence-corrected chi connectivity index (χ3v) is 2.51. The highest BCUT2D eigenvalue weighted by atomic mass is 16.2. The van der Waals surface area contributed by atoms with E-state index in [4.69, 9.17) is 13.1 Å². The maximum absolute atomic E-state index is 11.5. The molecular formula is C11H9BN2O. The largest absolute Gasteiger partial charge is 0.311 e. The van der Waals surface area contributed by atoms with Gasteiger partial charge in [0.15, 0.2) is 0 Å². The van der Waals surface area contributed by atoms with Gasteiger partial charge in [-0.25, -0.2) is 0 Å². The third-order valence-electron chi connectivity index (χ3n) is 2.51. The van der Waals surface area contributed by atoms with E-state index in [1.807, 2.05) is 0 Å². The van der Waals surface area contributed by atoms with Gasteiger partial charge in [-0.2, -0.15) is 5.26 Å². The summed E-state index contributed by atoms with van der Waals surface area (Å²) in [4.78, 5) is 13.2. The summed E-state index contributed by atoms with van der Waals surface area (Å²) in [6.45, 7) is 0.692. The molecule has 1 aliphatic heterocycles. The predicted octanol–water partition coefficient (Wildman–Crippen LogP) is 0.479. The lowest BCUT2D eigenvalue weighted by Crippen LogP contribution is -2.25. The van der Waals surface area contributed by atoms with Crippen molar-refractivity contribution in [2.45, 2.75) is 12.8 Å². The number of benzene rings is 1. The van der Waals surface area contributed by atoms with Crippen LogP contribution in [0.5, 0.6) is 0 Å². The quantitative estimate of drug-likeness (QED) is 0.613. The molecule has 2 rings (SSSR count). The van der Waals surface area contributed by atoms with Crippen LogP contribution in [0, 0.1) is 11.3 Å². The second kappa shape index (κ2) is 3.78. The molecule has 1 aromatic carbocycles. The minimum absolute atomic E-state index is 0.0799. The molecule has 0 unspecified atom stereocenters. The Bertz CT molecular complexity index is 450. The fourth-order valence-electron chi connectivity index (χ4n) is 1.78. The first-order valence-electron chi connectivity index (χ1n) is 4.82. The molecule has 2 radical (unpaired) electrons. The fourth-order valence-corrected chi connectivity index (χ4v) is 1.78. The van der Waals surface area contributed by atoms with E-state index in [-0.39, 0.29) is 5.91 Å². The summed E-state index contributed by atoms with van der Waals surface area (Å²) in [7, 11) is 5.58. The molecule has 0 bridgehead atoms. The number of hydrogen-bond donors (Lipinski definition) is 0. The molecule has 0 aliphatic carbocycles. The molecule has 0 atom stereocenters. The minimum atomic E-state index is 0.0799. The van der Waals surface area contributed by atoms with Crippen LogP contribution >= 0.6 is 0 Å². The normalized spacial score (nSPS) is 15.4. The van der Waals surface area contributed by atoms with Crippen molar-refractivity contribution in [2.24, 2.45) is 0 Å². The molecule has 1 amide bonds. The van der Waals surface area contributed by atoms with Crippen LogP contribution in [0.2, 0.25) is 0 Å². The van der Waals surface area contributed by atoms with Gasteiger partial charge in [0.1, 0.15) is 13.9 Å². The Labute approximate surface area is 89.7 Å². The summed E-state index contributed by atoms with van der Waals surface area (Å²) in [6, 6.07) is 7.10. The molecule has 0 N–H and O–H groups in total. The van der Waals surface area contributed by atoms with Gasteiger partial charge in [0.2, 0.25) is 5.91 Å². The fraction of sp³-hybridized carbons (Fsp3) is 0.273. The highest BCUT2D eigenvalue weighted by molar-refractivity contribution is 6.32. The lowest BCUT2D eigenvalue weighted by molar-refractivity contribution is -0.117. The van der Waals surface area contributed by atoms with Gasteiger partial charge in [0, 0.05) is 13.0 Å². The third kappa shape index (κ3) is 1.73. The van der Waals surface area contributed by atoms with Gasteiger partial charge < -0.3 is 4.90 Å². The summed E-state index contributed by atoms with van der Waals surface area (Å²) in [6.07, 6.45) is 1.42. The highest BCUT2D eigenvalue weighted by Gasteiger charge is 2.23. The minimum Gasteiger partial charge on any atom is -0.311 e. The summed E-state index contributed by atoms with van der Waals surface area (Å²) in [5.41, 5.74) is 1.68. The molecule has 4 heteroatoms. The maximum Gasteiger partial charge on any atom is 0.227 e. The molecule has 1 saturated heterocycles. The SMILES string of the molecule is [B]c1ccc(N2CCCC2=O)c(C#N)c1. The van der Waals surface area contributed by atoms with Crippen LogP contribution in [-0.4, -0.2) is 20.3 Å². The van der Waals surface area contributed by atoms with E-state index in [2.05, 4.69) is 6.07 Å². The molecule has 0 spiro atoms. The van der Waals surface area contributed by atoms with Crippen molar-refractivity contribution >= 4 is 24.9 Å². The summed E-state index contributed by atoms with van der Waals surface area (Å²) in [5, 5.41) is 8.95. The van der Waals surface area contributed by atoms with Gasteiger partial charge in [-0.05, 0) is 18.6 Å². The van der Waals surface area contributed by atoms with Gasteiger partial charge in [0.05, 0.1) is 11.3 Å². The van der Waals surface area contributed by atoms with Crippen molar-refractivity contribution in [3.05, 3.63) is 23.8 Å². The molecule has 1 fully saturated rings. The van der Waals surface area contributed by atoms with Gasteiger partial charge in [-0.3, -0.25) is 4.79 Å². The Kier molecular flexibility index (Phi) is 2.46. The molecule has 0 saturated carbocycles. The van der Waals surface area contributed by atoms with Gasteiger partial charge in [0.25, 0.3) is 0 Å². The molecule has 72 valence electrons. The van der Waals surface area contributed by atoms with Crippen LogP contribution in [0.1, 0.15) is 18.4 Å². The van der Waals surface area contributed by atoms with Crippen LogP contribution in [0.4, 0.5) is 5.69 Å². The van der Waals surface area contributed by atoms with Gasteiger partial charge in [-0.1, -0.05) is 11.5 Å². The lowest BCUT2D eigenvalue weighted by Gasteiger charge is -2.17. The second-order valence-corrected chi connectivity index (χ2v) is 3.54. The van der Waals surface area contributed by atoms with E-state index >= 15 is 0 Å². The molecular weight excluding hydrogens is 187 g/mol. The van der Waals surface area contributed by atoms with Crippen molar-refractivity contribution in [1.82, 2.24) is 0 Å². The average molecular weight is 196 g/mol. The number of carbonyl (C=O) groups is 1. The average Bonchev–Trinajstić information content (AvgIpc) is 2.64. The van der Waals surface area contributed by atoms with Gasteiger partial charge in [-0.15, -0.1) is 0 Å². The lowest BCUT2D eigenvalue weighted by atomic mass is 9.93. The van der Waals surface area contributed by atoms with E-state index in [0.29, 0.717) is 29.7 Å². The smallest absolute Gasteiger partial charge is 0.227 e. The number of carbonyl (C=O) groups excluding carboxylic acids is 1. The number of amides is 1. The van der Waals surface area contributed by atoms with Crippen LogP contribution in [0.3, 0.4) is 0 Å². The van der Waals surface area contributed by atoms with E-state index in [1.165, 1.54) is 0 Å². The Morgan fingerprint density at radius 2 is 2.27 bits per heavy atom. The second-order valence-electron chi connectivity index (χ2n) is 3.54. The van der Waals surface area contributed by atoms with E-state index < -0.39 is 0 Å². The zero-order valence-electron chi connectivity index (χ0n) is 8.23. The van der Waals surface area contributed by atoms with Crippen molar-refractivity contribution in [3.8, 4) is 6.07 Å². The van der Waals surface area contributed by atoms with E-state index in [9.17, 15) is 4.79 Å². The summed E-state index contributed by atoms with van der Waals surface area (Å²) < 4.78 is 0. The van der Waals surface area contributed by atoms with Crippen LogP contribution in [0.15, 0.2) is 18.2 Å². The standard InChI is InChI=1S/C11H9BN2O/c12-9-3-4-10(8(6-9)7-13)14-5-1-2-11(14)15/h3-4,6H,1-2,5H2. The van der Waals surface area contributed by atoms with Crippen LogP contribution < -0.4 is 10.4 Å². The first kappa shape index (κ1) is 9.79. The first-order chi connectivity index (χ1) is 7.22. The topological polar surface area (TPSA) is 44.1 Å². The van der Waals surface area contributed by atoms with Crippen molar-refractivity contribution in [3.63, 3.8) is 0 Å². The Hall–Kier alpha value is -1.76. The number of rotatable bonds is 1. The Morgan fingerprint density at radius 1 is 1.47 bits per heavy atom. The summed E-state index contributed by atoms with van der Waals surface area (Å²) >= 11 is 0. The number of nitriles is 1. The maximum atomic E-state index is 11.5. The van der Waals surface area contributed by atoms with E-state index in [0.717, 1.165) is 6.42 Å².